The van der Waals surface area contributed by atoms with Gasteiger partial charge in [-0.25, -0.2) is 8.78 Å². The SMILES string of the molecule is CC(C)(C)C(=O)N1CC(CC(C)(C)C(=O)N2CCCCC2)C(F)(F)C1. The molecule has 0 aromatic heterocycles. The van der Waals surface area contributed by atoms with E-state index in [2.05, 4.69) is 0 Å². The van der Waals surface area contributed by atoms with Crippen molar-refractivity contribution < 1.29 is 18.4 Å². The highest BCUT2D eigenvalue weighted by molar-refractivity contribution is 5.83. The van der Waals surface area contributed by atoms with Crippen LogP contribution in [0.4, 0.5) is 8.78 Å². The van der Waals surface area contributed by atoms with Crippen molar-refractivity contribution in [3.8, 4) is 0 Å². The Hall–Kier alpha value is -1.20. The van der Waals surface area contributed by atoms with Crippen molar-refractivity contribution >= 4 is 11.8 Å². The summed E-state index contributed by atoms with van der Waals surface area (Å²) in [4.78, 5) is 28.2. The Kier molecular flexibility index (Phi) is 5.50. The third kappa shape index (κ3) is 4.50. The Labute approximate surface area is 149 Å². The maximum absolute atomic E-state index is 14.5. The van der Waals surface area contributed by atoms with Crippen molar-refractivity contribution in [3.63, 3.8) is 0 Å². The van der Waals surface area contributed by atoms with Crippen LogP contribution < -0.4 is 0 Å². The van der Waals surface area contributed by atoms with Gasteiger partial charge < -0.3 is 9.80 Å². The number of piperidine rings is 1. The van der Waals surface area contributed by atoms with Crippen molar-refractivity contribution in [2.45, 2.75) is 66.2 Å². The first-order valence-electron chi connectivity index (χ1n) is 9.31. The van der Waals surface area contributed by atoms with E-state index < -0.39 is 29.2 Å². The topological polar surface area (TPSA) is 40.6 Å². The number of halogens is 2. The monoisotopic (exact) mass is 358 g/mol. The van der Waals surface area contributed by atoms with E-state index in [1.807, 2.05) is 4.90 Å². The molecule has 2 aliphatic rings. The third-order valence-electron chi connectivity index (χ3n) is 5.35. The minimum Gasteiger partial charge on any atom is -0.342 e. The number of carbonyl (C=O) groups is 2. The lowest BCUT2D eigenvalue weighted by molar-refractivity contribution is -0.144. The Morgan fingerprint density at radius 3 is 2.04 bits per heavy atom. The van der Waals surface area contributed by atoms with Crippen LogP contribution in [0.1, 0.15) is 60.3 Å². The van der Waals surface area contributed by atoms with E-state index in [9.17, 15) is 18.4 Å². The van der Waals surface area contributed by atoms with Crippen molar-refractivity contribution in [1.29, 1.82) is 0 Å². The first-order chi connectivity index (χ1) is 11.3. The summed E-state index contributed by atoms with van der Waals surface area (Å²) in [6.07, 6.45) is 3.18. The summed E-state index contributed by atoms with van der Waals surface area (Å²) in [7, 11) is 0. The summed E-state index contributed by atoms with van der Waals surface area (Å²) in [5, 5.41) is 0. The molecule has 2 heterocycles. The molecule has 0 radical (unpaired) electrons. The zero-order valence-electron chi connectivity index (χ0n) is 16.2. The van der Waals surface area contributed by atoms with Crippen LogP contribution in [0.2, 0.25) is 0 Å². The van der Waals surface area contributed by atoms with Gasteiger partial charge in [0, 0.05) is 36.4 Å². The fraction of sp³-hybridized carbons (Fsp3) is 0.895. The van der Waals surface area contributed by atoms with Gasteiger partial charge >= 0.3 is 0 Å². The minimum atomic E-state index is -2.94. The lowest BCUT2D eigenvalue weighted by Crippen LogP contribution is -2.45. The van der Waals surface area contributed by atoms with Crippen LogP contribution in [0.25, 0.3) is 0 Å². The zero-order chi connectivity index (χ0) is 19.0. The van der Waals surface area contributed by atoms with Crippen molar-refractivity contribution in [2.75, 3.05) is 26.2 Å². The smallest absolute Gasteiger partial charge is 0.269 e. The van der Waals surface area contributed by atoms with Gasteiger partial charge in [0.25, 0.3) is 5.92 Å². The lowest BCUT2D eigenvalue weighted by atomic mass is 9.79. The van der Waals surface area contributed by atoms with Gasteiger partial charge in [0.05, 0.1) is 6.54 Å². The van der Waals surface area contributed by atoms with Crippen molar-refractivity contribution in [3.05, 3.63) is 0 Å². The molecule has 1 unspecified atom stereocenters. The molecule has 0 aromatic carbocycles. The van der Waals surface area contributed by atoms with Gasteiger partial charge in [-0.05, 0) is 25.7 Å². The molecular weight excluding hydrogens is 326 g/mol. The van der Waals surface area contributed by atoms with Gasteiger partial charge in [-0.1, -0.05) is 34.6 Å². The van der Waals surface area contributed by atoms with Crippen LogP contribution in [0.3, 0.4) is 0 Å². The minimum absolute atomic E-state index is 0.0276. The van der Waals surface area contributed by atoms with E-state index in [-0.39, 0.29) is 24.8 Å². The van der Waals surface area contributed by atoms with E-state index in [1.165, 1.54) is 4.90 Å². The number of hydrogen-bond acceptors (Lipinski definition) is 2. The number of rotatable bonds is 3. The average Bonchev–Trinajstić information content (AvgIpc) is 2.80. The Bertz CT molecular complexity index is 520. The number of carbonyl (C=O) groups excluding carboxylic acids is 2. The third-order valence-corrected chi connectivity index (χ3v) is 5.35. The molecule has 0 bridgehead atoms. The summed E-state index contributed by atoms with van der Waals surface area (Å²) < 4.78 is 29.0. The quantitative estimate of drug-likeness (QED) is 0.774. The van der Waals surface area contributed by atoms with Crippen LogP contribution in [-0.2, 0) is 9.59 Å². The van der Waals surface area contributed by atoms with Gasteiger partial charge in [0.15, 0.2) is 0 Å². The summed E-state index contributed by atoms with van der Waals surface area (Å²) >= 11 is 0. The molecule has 0 aliphatic carbocycles. The molecular formula is C19H32F2N2O2. The van der Waals surface area contributed by atoms with E-state index in [4.69, 9.17) is 0 Å². The molecule has 2 aliphatic heterocycles. The molecule has 2 fully saturated rings. The molecule has 0 spiro atoms. The van der Waals surface area contributed by atoms with Gasteiger partial charge in [0.2, 0.25) is 11.8 Å². The second-order valence-corrected chi connectivity index (χ2v) is 9.33. The maximum atomic E-state index is 14.5. The molecule has 2 amide bonds. The van der Waals surface area contributed by atoms with Crippen LogP contribution >= 0.6 is 0 Å². The first-order valence-corrected chi connectivity index (χ1v) is 9.31. The highest BCUT2D eigenvalue weighted by Gasteiger charge is 2.53. The van der Waals surface area contributed by atoms with E-state index in [0.29, 0.717) is 0 Å². The molecule has 2 saturated heterocycles. The van der Waals surface area contributed by atoms with Crippen LogP contribution in [0.5, 0.6) is 0 Å². The maximum Gasteiger partial charge on any atom is 0.269 e. The van der Waals surface area contributed by atoms with Crippen LogP contribution in [0, 0.1) is 16.7 Å². The number of nitrogens with zero attached hydrogens (tertiary/aromatic N) is 2. The zero-order valence-corrected chi connectivity index (χ0v) is 16.2. The van der Waals surface area contributed by atoms with Crippen LogP contribution in [-0.4, -0.2) is 53.7 Å². The highest BCUT2D eigenvalue weighted by Crippen LogP contribution is 2.42. The largest absolute Gasteiger partial charge is 0.342 e. The summed E-state index contributed by atoms with van der Waals surface area (Å²) in [6.45, 7) is 9.67. The highest BCUT2D eigenvalue weighted by atomic mass is 19.3. The molecule has 4 nitrogen and oxygen atoms in total. The van der Waals surface area contributed by atoms with E-state index >= 15 is 0 Å². The number of hydrogen-bond donors (Lipinski definition) is 0. The molecule has 25 heavy (non-hydrogen) atoms. The Morgan fingerprint density at radius 2 is 1.52 bits per heavy atom. The van der Waals surface area contributed by atoms with Crippen LogP contribution in [0.15, 0.2) is 0 Å². The predicted octanol–water partition coefficient (Wildman–Crippen LogP) is 3.56. The number of likely N-dealkylation sites (tertiary alicyclic amines) is 2. The van der Waals surface area contributed by atoms with Gasteiger partial charge in [-0.3, -0.25) is 9.59 Å². The Morgan fingerprint density at radius 1 is 0.960 bits per heavy atom. The van der Waals surface area contributed by atoms with Gasteiger partial charge in [-0.2, -0.15) is 0 Å². The second-order valence-electron chi connectivity index (χ2n) is 9.33. The van der Waals surface area contributed by atoms with Gasteiger partial charge in [-0.15, -0.1) is 0 Å². The second kappa shape index (κ2) is 6.84. The molecule has 6 heteroatoms. The molecule has 144 valence electrons. The summed E-state index contributed by atoms with van der Waals surface area (Å²) in [5.41, 5.74) is -1.52. The van der Waals surface area contributed by atoms with Crippen molar-refractivity contribution in [2.24, 2.45) is 16.7 Å². The first kappa shape index (κ1) is 20.1. The lowest BCUT2D eigenvalue weighted by Gasteiger charge is -2.36. The number of alkyl halides is 2. The number of amides is 2. The predicted molar refractivity (Wildman–Crippen MR) is 93.3 cm³/mol. The Balaban J connectivity index is 2.07. The van der Waals surface area contributed by atoms with Crippen molar-refractivity contribution in [1.82, 2.24) is 9.80 Å². The fourth-order valence-electron chi connectivity index (χ4n) is 3.92. The molecule has 2 rings (SSSR count). The standard InChI is InChI=1S/C19H32F2N2O2/c1-17(2,3)15(24)23-12-14(19(20,21)13-23)11-18(4,5)16(25)22-9-7-6-8-10-22/h14H,6-13H2,1-5H3. The van der Waals surface area contributed by atoms with Gasteiger partial charge in [0.1, 0.15) is 0 Å². The summed E-state index contributed by atoms with van der Waals surface area (Å²) in [5.74, 6) is -4.21. The molecule has 0 saturated carbocycles. The van der Waals surface area contributed by atoms with E-state index in [1.54, 1.807) is 34.6 Å². The molecule has 0 N–H and O–H groups in total. The molecule has 1 atom stereocenters. The average molecular weight is 358 g/mol. The summed E-state index contributed by atoms with van der Waals surface area (Å²) in [6, 6.07) is 0. The fourth-order valence-corrected chi connectivity index (χ4v) is 3.92. The molecule has 0 aromatic rings. The normalized spacial score (nSPS) is 24.5. The van der Waals surface area contributed by atoms with E-state index in [0.717, 1.165) is 32.4 Å².